The number of rotatable bonds is 3. The number of amides is 1. The highest BCUT2D eigenvalue weighted by Gasteiger charge is 2.21. The third-order valence-electron chi connectivity index (χ3n) is 4.85. The lowest BCUT2D eigenvalue weighted by Crippen LogP contribution is -2.18. The van der Waals surface area contributed by atoms with Crippen LogP contribution in [0.5, 0.6) is 0 Å². The van der Waals surface area contributed by atoms with Crippen molar-refractivity contribution in [2.75, 3.05) is 5.73 Å². The molecule has 2 heterocycles. The molecule has 8 nitrogen and oxygen atoms in total. The number of nitrogens with one attached hydrogen (secondary N) is 1. The Bertz CT molecular complexity index is 1330. The lowest BCUT2D eigenvalue weighted by molar-refractivity contribution is 0.0996. The van der Waals surface area contributed by atoms with E-state index in [1.165, 1.54) is 0 Å². The number of aromatic nitrogens is 4. The molecule has 0 fully saturated rings. The second kappa shape index (κ2) is 6.73. The first-order chi connectivity index (χ1) is 13.9. The minimum Gasteiger partial charge on any atom is -0.395 e. The number of H-pyrrole nitrogens is 1. The van der Waals surface area contributed by atoms with Crippen LogP contribution in [0.25, 0.3) is 33.5 Å². The van der Waals surface area contributed by atoms with E-state index in [0.29, 0.717) is 22.6 Å². The summed E-state index contributed by atoms with van der Waals surface area (Å²) in [6, 6.07) is 11.2. The van der Waals surface area contributed by atoms with Gasteiger partial charge in [-0.05, 0) is 49.2 Å². The van der Waals surface area contributed by atoms with Crippen LogP contribution in [0.15, 0.2) is 36.5 Å². The Labute approximate surface area is 166 Å². The molecule has 0 aliphatic heterocycles. The smallest absolute Gasteiger partial charge is 0.269 e. The van der Waals surface area contributed by atoms with Gasteiger partial charge in [0.25, 0.3) is 5.91 Å². The largest absolute Gasteiger partial charge is 0.395 e. The van der Waals surface area contributed by atoms with E-state index < -0.39 is 5.91 Å². The zero-order chi connectivity index (χ0) is 20.7. The van der Waals surface area contributed by atoms with E-state index in [2.05, 4.69) is 26.2 Å². The van der Waals surface area contributed by atoms with E-state index >= 15 is 0 Å². The zero-order valence-electron chi connectivity index (χ0n) is 15.8. The monoisotopic (exact) mass is 383 g/mol. The third-order valence-corrected chi connectivity index (χ3v) is 4.85. The minimum atomic E-state index is -0.741. The molecule has 5 N–H and O–H groups in total. The van der Waals surface area contributed by atoms with Gasteiger partial charge in [-0.15, -0.1) is 0 Å². The maximum Gasteiger partial charge on any atom is 0.269 e. The molecule has 0 aliphatic carbocycles. The molecular weight excluding hydrogens is 366 g/mol. The Balaban J connectivity index is 2.04. The highest BCUT2D eigenvalue weighted by atomic mass is 16.1. The molecule has 142 valence electrons. The fourth-order valence-corrected chi connectivity index (χ4v) is 3.35. The average molecular weight is 383 g/mol. The van der Waals surface area contributed by atoms with Gasteiger partial charge in [-0.25, -0.2) is 9.97 Å². The van der Waals surface area contributed by atoms with E-state index in [4.69, 9.17) is 16.7 Å². The number of aromatic amines is 1. The molecule has 2 aromatic heterocycles. The molecular formula is C21H17N7O. The van der Waals surface area contributed by atoms with Gasteiger partial charge in [0.2, 0.25) is 0 Å². The summed E-state index contributed by atoms with van der Waals surface area (Å²) in [7, 11) is 0. The molecule has 0 aliphatic rings. The van der Waals surface area contributed by atoms with E-state index in [-0.39, 0.29) is 11.4 Å². The quantitative estimate of drug-likeness (QED) is 0.495. The molecule has 0 atom stereocenters. The van der Waals surface area contributed by atoms with Crippen molar-refractivity contribution in [3.05, 3.63) is 58.9 Å². The third kappa shape index (κ3) is 2.95. The van der Waals surface area contributed by atoms with Crippen LogP contribution in [0.4, 0.5) is 5.69 Å². The summed E-state index contributed by atoms with van der Waals surface area (Å²) < 4.78 is 0. The summed E-state index contributed by atoms with van der Waals surface area (Å²) in [4.78, 5) is 21.0. The number of hydrogen-bond acceptors (Lipinski definition) is 6. The predicted molar refractivity (Wildman–Crippen MR) is 110 cm³/mol. The number of carbonyl (C=O) groups is 1. The number of aryl methyl sites for hydroxylation is 2. The summed E-state index contributed by atoms with van der Waals surface area (Å²) >= 11 is 0. The predicted octanol–water partition coefficient (Wildman–Crippen LogP) is 2.86. The van der Waals surface area contributed by atoms with Gasteiger partial charge in [-0.1, -0.05) is 6.07 Å². The van der Waals surface area contributed by atoms with Gasteiger partial charge >= 0.3 is 0 Å². The number of nitrogen functional groups attached to an aromatic ring is 1. The Morgan fingerprint density at radius 1 is 1.14 bits per heavy atom. The highest BCUT2D eigenvalue weighted by Crippen LogP contribution is 2.35. The number of anilines is 1. The van der Waals surface area contributed by atoms with Gasteiger partial charge in [-0.3, -0.25) is 9.89 Å². The number of primary amides is 1. The first-order valence-corrected chi connectivity index (χ1v) is 8.82. The summed E-state index contributed by atoms with van der Waals surface area (Å²) in [6.07, 6.45) is 1.69. The van der Waals surface area contributed by atoms with Crippen LogP contribution >= 0.6 is 0 Å². The van der Waals surface area contributed by atoms with Crippen LogP contribution in [0.1, 0.15) is 27.2 Å². The van der Waals surface area contributed by atoms with Gasteiger partial charge in [-0.2, -0.15) is 10.4 Å². The van der Waals surface area contributed by atoms with Gasteiger partial charge in [0, 0.05) is 16.5 Å². The lowest BCUT2D eigenvalue weighted by Gasteiger charge is -2.14. The number of carbonyl (C=O) groups excluding carboxylic acids is 1. The number of nitrogens with zero attached hydrogens (tertiary/aromatic N) is 4. The number of fused-ring (bicyclic) bond motifs is 1. The van der Waals surface area contributed by atoms with Gasteiger partial charge in [0.05, 0.1) is 34.7 Å². The molecule has 4 aromatic rings. The van der Waals surface area contributed by atoms with E-state index in [1.54, 1.807) is 24.4 Å². The van der Waals surface area contributed by atoms with Crippen molar-refractivity contribution in [3.8, 4) is 28.7 Å². The molecule has 0 unspecified atom stereocenters. The molecule has 0 spiro atoms. The molecule has 0 saturated carbocycles. The van der Waals surface area contributed by atoms with Crippen LogP contribution in [-0.4, -0.2) is 26.1 Å². The standard InChI is InChI=1S/C21H17N7O/c1-10-3-6-15-14(9-25-28-15)16(10)18-17(23)19(20(24)29)27-21(26-18)12-4-5-13(8-22)11(2)7-12/h3-7,9H,23H2,1-2H3,(H2,24,29)(H,25,28). The maximum atomic E-state index is 12.0. The first-order valence-electron chi connectivity index (χ1n) is 8.82. The lowest BCUT2D eigenvalue weighted by atomic mass is 9.98. The molecule has 0 bridgehead atoms. The number of nitrogens with two attached hydrogens (primary N) is 2. The van der Waals surface area contributed by atoms with E-state index in [0.717, 1.165) is 27.6 Å². The number of benzene rings is 2. The van der Waals surface area contributed by atoms with E-state index in [9.17, 15) is 4.79 Å². The van der Waals surface area contributed by atoms with Gasteiger partial charge in [0.15, 0.2) is 11.5 Å². The second-order valence-electron chi connectivity index (χ2n) is 6.75. The van der Waals surface area contributed by atoms with E-state index in [1.807, 2.05) is 26.0 Å². The summed E-state index contributed by atoms with van der Waals surface area (Å²) in [5, 5.41) is 17.0. The fraction of sp³-hybridized carbons (Fsp3) is 0.0952. The Morgan fingerprint density at radius 2 is 1.93 bits per heavy atom. The van der Waals surface area contributed by atoms with Crippen LogP contribution in [0.3, 0.4) is 0 Å². The number of nitriles is 1. The first kappa shape index (κ1) is 18.1. The number of hydrogen-bond donors (Lipinski definition) is 3. The molecule has 1 amide bonds. The molecule has 2 aromatic carbocycles. The average Bonchev–Trinajstić information content (AvgIpc) is 3.17. The molecule has 0 radical (unpaired) electrons. The van der Waals surface area contributed by atoms with Crippen LogP contribution in [-0.2, 0) is 0 Å². The zero-order valence-corrected chi connectivity index (χ0v) is 15.8. The Morgan fingerprint density at radius 3 is 2.62 bits per heavy atom. The van der Waals surface area contributed by atoms with Gasteiger partial charge < -0.3 is 11.5 Å². The normalized spacial score (nSPS) is 10.8. The topological polar surface area (TPSA) is 147 Å². The van der Waals surface area contributed by atoms with Crippen molar-refractivity contribution in [1.82, 2.24) is 20.2 Å². The summed E-state index contributed by atoms with van der Waals surface area (Å²) in [5.41, 5.74) is 16.8. The summed E-state index contributed by atoms with van der Waals surface area (Å²) in [6.45, 7) is 3.75. The summed E-state index contributed by atoms with van der Waals surface area (Å²) in [5.74, 6) is -0.440. The van der Waals surface area contributed by atoms with Crippen molar-refractivity contribution in [3.63, 3.8) is 0 Å². The Hall–Kier alpha value is -4.25. The highest BCUT2D eigenvalue weighted by molar-refractivity contribution is 6.04. The second-order valence-corrected chi connectivity index (χ2v) is 6.75. The fourth-order valence-electron chi connectivity index (χ4n) is 3.35. The molecule has 0 saturated heterocycles. The molecule has 4 rings (SSSR count). The van der Waals surface area contributed by atoms with Crippen molar-refractivity contribution in [2.45, 2.75) is 13.8 Å². The van der Waals surface area contributed by atoms with Crippen molar-refractivity contribution in [2.24, 2.45) is 5.73 Å². The van der Waals surface area contributed by atoms with Crippen molar-refractivity contribution in [1.29, 1.82) is 5.26 Å². The molecule has 8 heteroatoms. The minimum absolute atomic E-state index is 0.0492. The molecule has 29 heavy (non-hydrogen) atoms. The maximum absolute atomic E-state index is 12.0. The van der Waals surface area contributed by atoms with Crippen LogP contribution in [0.2, 0.25) is 0 Å². The SMILES string of the molecule is Cc1cc(-c2nc(C(N)=O)c(N)c(-c3c(C)ccc4[nH]ncc34)n2)ccc1C#N. The van der Waals surface area contributed by atoms with Crippen LogP contribution in [0, 0.1) is 25.2 Å². The van der Waals surface area contributed by atoms with Crippen molar-refractivity contribution < 1.29 is 4.79 Å². The van der Waals surface area contributed by atoms with Gasteiger partial charge in [0.1, 0.15) is 0 Å². The van der Waals surface area contributed by atoms with Crippen molar-refractivity contribution >= 4 is 22.5 Å². The Kier molecular flexibility index (Phi) is 4.20. The van der Waals surface area contributed by atoms with Crippen LogP contribution < -0.4 is 11.5 Å².